The maximum absolute atomic E-state index is 12.0. The summed E-state index contributed by atoms with van der Waals surface area (Å²) in [5.41, 5.74) is 0. The number of hydrogen-bond donors (Lipinski definition) is 1. The minimum Gasteiger partial charge on any atom is -0.494 e. The van der Waals surface area contributed by atoms with Gasteiger partial charge in [0.1, 0.15) is 19.5 Å². The Bertz CT molecular complexity index is 352. The van der Waals surface area contributed by atoms with Crippen LogP contribution in [0.4, 0.5) is 0 Å². The Hall–Kier alpha value is -1.72. The first-order valence-corrected chi connectivity index (χ1v) is 5.65. The second-order valence-electron chi connectivity index (χ2n) is 4.13. The fourth-order valence-corrected chi connectivity index (χ4v) is 2.00. The number of hydrogen-bond acceptors (Lipinski definition) is 4. The number of aliphatic carboxylic acids is 1. The Kier molecular flexibility index (Phi) is 3.51. The largest absolute Gasteiger partial charge is 0.494 e. The van der Waals surface area contributed by atoms with Crippen molar-refractivity contribution >= 4 is 11.9 Å². The highest BCUT2D eigenvalue weighted by atomic mass is 16.6. The molecule has 6 nitrogen and oxygen atoms in total. The van der Waals surface area contributed by atoms with E-state index in [1.807, 2.05) is 0 Å². The van der Waals surface area contributed by atoms with Crippen LogP contribution in [-0.2, 0) is 19.1 Å². The monoisotopic (exact) mass is 241 g/mol. The van der Waals surface area contributed by atoms with Crippen LogP contribution < -0.4 is 0 Å². The molecule has 0 aromatic carbocycles. The molecule has 1 amide bonds. The molecular formula is C11H15NO5. The van der Waals surface area contributed by atoms with Crippen molar-refractivity contribution in [2.75, 3.05) is 26.3 Å². The Morgan fingerprint density at radius 1 is 1.41 bits per heavy atom. The van der Waals surface area contributed by atoms with E-state index in [2.05, 4.69) is 0 Å². The lowest BCUT2D eigenvalue weighted by Crippen LogP contribution is -2.43. The summed E-state index contributed by atoms with van der Waals surface area (Å²) in [7, 11) is 0. The number of ether oxygens (including phenoxy) is 2. The van der Waals surface area contributed by atoms with Gasteiger partial charge in [-0.25, -0.2) is 0 Å². The molecule has 2 rings (SSSR count). The third kappa shape index (κ3) is 2.69. The zero-order chi connectivity index (χ0) is 12.3. The van der Waals surface area contributed by atoms with Crippen LogP contribution in [0.25, 0.3) is 0 Å². The van der Waals surface area contributed by atoms with Gasteiger partial charge in [0.25, 0.3) is 5.91 Å². The van der Waals surface area contributed by atoms with E-state index < -0.39 is 11.9 Å². The molecule has 1 atom stereocenters. The maximum atomic E-state index is 12.0. The normalized spacial score (nSPS) is 24.4. The summed E-state index contributed by atoms with van der Waals surface area (Å²) in [5, 5.41) is 8.94. The number of carboxylic acids is 1. The zero-order valence-electron chi connectivity index (χ0n) is 9.42. The van der Waals surface area contributed by atoms with Crippen molar-refractivity contribution in [3.05, 3.63) is 12.0 Å². The predicted octanol–water partition coefficient (Wildman–Crippen LogP) is 0.198. The molecule has 94 valence electrons. The first-order valence-electron chi connectivity index (χ1n) is 5.65. The summed E-state index contributed by atoms with van der Waals surface area (Å²) in [5.74, 6) is -1.44. The molecule has 1 fully saturated rings. The topological polar surface area (TPSA) is 76.1 Å². The number of rotatable bonds is 2. The van der Waals surface area contributed by atoms with Gasteiger partial charge in [0.15, 0.2) is 0 Å². The molecule has 0 aliphatic carbocycles. The van der Waals surface area contributed by atoms with Gasteiger partial charge in [-0.15, -0.1) is 0 Å². The quantitative estimate of drug-likeness (QED) is 0.747. The fourth-order valence-electron chi connectivity index (χ4n) is 2.00. The number of piperidine rings is 1. The number of nitrogens with zero attached hydrogens (tertiary/aromatic N) is 1. The van der Waals surface area contributed by atoms with E-state index >= 15 is 0 Å². The van der Waals surface area contributed by atoms with Gasteiger partial charge in [-0.1, -0.05) is 0 Å². The van der Waals surface area contributed by atoms with Crippen molar-refractivity contribution in [3.63, 3.8) is 0 Å². The van der Waals surface area contributed by atoms with E-state index in [0.717, 1.165) is 0 Å². The molecule has 17 heavy (non-hydrogen) atoms. The molecule has 2 heterocycles. The lowest BCUT2D eigenvalue weighted by Gasteiger charge is -2.31. The summed E-state index contributed by atoms with van der Waals surface area (Å²) in [4.78, 5) is 24.4. The average molecular weight is 241 g/mol. The zero-order valence-corrected chi connectivity index (χ0v) is 9.42. The summed E-state index contributed by atoms with van der Waals surface area (Å²) < 4.78 is 10.2. The SMILES string of the molecule is O=C(O)C1CCCN(C(=O)C2=COCCO2)C1. The van der Waals surface area contributed by atoms with Crippen LogP contribution in [0.2, 0.25) is 0 Å². The highest BCUT2D eigenvalue weighted by molar-refractivity contribution is 5.91. The summed E-state index contributed by atoms with van der Waals surface area (Å²) in [6.07, 6.45) is 2.63. The third-order valence-electron chi connectivity index (χ3n) is 2.92. The molecule has 6 heteroatoms. The fraction of sp³-hybridized carbons (Fsp3) is 0.636. The lowest BCUT2D eigenvalue weighted by atomic mass is 9.98. The molecule has 0 radical (unpaired) electrons. The first kappa shape index (κ1) is 11.8. The Labute approximate surface area is 98.8 Å². The van der Waals surface area contributed by atoms with Crippen LogP contribution in [0.15, 0.2) is 12.0 Å². The molecule has 2 aliphatic heterocycles. The summed E-state index contributed by atoms with van der Waals surface area (Å²) >= 11 is 0. The van der Waals surface area contributed by atoms with Crippen molar-refractivity contribution in [2.45, 2.75) is 12.8 Å². The van der Waals surface area contributed by atoms with Gasteiger partial charge in [0, 0.05) is 13.1 Å². The van der Waals surface area contributed by atoms with Crippen LogP contribution in [0.5, 0.6) is 0 Å². The number of likely N-dealkylation sites (tertiary alicyclic amines) is 1. The van der Waals surface area contributed by atoms with Crippen molar-refractivity contribution in [1.29, 1.82) is 0 Å². The van der Waals surface area contributed by atoms with Gasteiger partial charge in [0.05, 0.1) is 5.92 Å². The molecular weight excluding hydrogens is 226 g/mol. The molecule has 1 N–H and O–H groups in total. The summed E-state index contributed by atoms with van der Waals surface area (Å²) in [6.45, 7) is 1.61. The molecule has 0 saturated carbocycles. The molecule has 0 aromatic rings. The molecule has 0 bridgehead atoms. The van der Waals surface area contributed by atoms with Crippen LogP contribution in [0.3, 0.4) is 0 Å². The van der Waals surface area contributed by atoms with Gasteiger partial charge in [-0.3, -0.25) is 9.59 Å². The highest BCUT2D eigenvalue weighted by Gasteiger charge is 2.30. The lowest BCUT2D eigenvalue weighted by molar-refractivity contribution is -0.145. The number of carbonyl (C=O) groups excluding carboxylic acids is 1. The van der Waals surface area contributed by atoms with E-state index in [1.165, 1.54) is 11.2 Å². The molecule has 1 saturated heterocycles. The Morgan fingerprint density at radius 3 is 2.88 bits per heavy atom. The van der Waals surface area contributed by atoms with Gasteiger partial charge in [-0.2, -0.15) is 0 Å². The third-order valence-corrected chi connectivity index (χ3v) is 2.92. The van der Waals surface area contributed by atoms with E-state index in [0.29, 0.717) is 32.6 Å². The van der Waals surface area contributed by atoms with Crippen molar-refractivity contribution in [2.24, 2.45) is 5.92 Å². The second kappa shape index (κ2) is 5.07. The highest BCUT2D eigenvalue weighted by Crippen LogP contribution is 2.19. The minimum absolute atomic E-state index is 0.169. The Balaban J connectivity index is 1.99. The maximum Gasteiger partial charge on any atom is 0.308 e. The number of amides is 1. The van der Waals surface area contributed by atoms with Gasteiger partial charge < -0.3 is 19.5 Å². The summed E-state index contributed by atoms with van der Waals surface area (Å²) in [6, 6.07) is 0. The molecule has 0 aromatic heterocycles. The molecule has 0 spiro atoms. The molecule has 1 unspecified atom stereocenters. The predicted molar refractivity (Wildman–Crippen MR) is 56.9 cm³/mol. The van der Waals surface area contributed by atoms with E-state index in [9.17, 15) is 9.59 Å². The second-order valence-corrected chi connectivity index (χ2v) is 4.13. The molecule has 2 aliphatic rings. The van der Waals surface area contributed by atoms with E-state index in [4.69, 9.17) is 14.6 Å². The first-order chi connectivity index (χ1) is 8.18. The van der Waals surface area contributed by atoms with Gasteiger partial charge in [-0.05, 0) is 12.8 Å². The van der Waals surface area contributed by atoms with Crippen molar-refractivity contribution in [1.82, 2.24) is 4.90 Å². The van der Waals surface area contributed by atoms with Crippen LogP contribution >= 0.6 is 0 Å². The minimum atomic E-state index is -0.850. The van der Waals surface area contributed by atoms with E-state index in [1.54, 1.807) is 0 Å². The van der Waals surface area contributed by atoms with Gasteiger partial charge >= 0.3 is 5.97 Å². The Morgan fingerprint density at radius 2 is 2.24 bits per heavy atom. The average Bonchev–Trinajstić information content (AvgIpc) is 2.39. The van der Waals surface area contributed by atoms with Crippen molar-refractivity contribution in [3.8, 4) is 0 Å². The smallest absolute Gasteiger partial charge is 0.308 e. The van der Waals surface area contributed by atoms with Crippen molar-refractivity contribution < 1.29 is 24.2 Å². The standard InChI is InChI=1S/C11H15NO5/c13-10(9-7-16-4-5-17-9)12-3-1-2-8(6-12)11(14)15/h7-8H,1-6H2,(H,14,15). The van der Waals surface area contributed by atoms with Crippen LogP contribution in [-0.4, -0.2) is 48.2 Å². The van der Waals surface area contributed by atoms with E-state index in [-0.39, 0.29) is 18.2 Å². The number of carboxylic acid groups (broad SMARTS) is 1. The van der Waals surface area contributed by atoms with Crippen LogP contribution in [0, 0.1) is 5.92 Å². The van der Waals surface area contributed by atoms with Crippen LogP contribution in [0.1, 0.15) is 12.8 Å². The van der Waals surface area contributed by atoms with Gasteiger partial charge in [0.2, 0.25) is 5.76 Å². The number of carbonyl (C=O) groups is 2.